The van der Waals surface area contributed by atoms with E-state index in [1.54, 1.807) is 0 Å². The molecule has 1 N–H and O–H groups in total. The van der Waals surface area contributed by atoms with Gasteiger partial charge in [-0.3, -0.25) is 0 Å². The summed E-state index contributed by atoms with van der Waals surface area (Å²) in [4.78, 5) is 0. The molecule has 1 nitrogen and oxygen atoms in total. The van der Waals surface area contributed by atoms with Gasteiger partial charge in [0.2, 0.25) is 0 Å². The lowest BCUT2D eigenvalue weighted by Gasteiger charge is -2.11. The maximum atomic E-state index is 5.74. The molecule has 0 amide bonds. The van der Waals surface area contributed by atoms with Gasteiger partial charge < -0.3 is 5.32 Å². The quantitative estimate of drug-likeness (QED) is 0.685. The first-order chi connectivity index (χ1) is 5.38. The summed E-state index contributed by atoms with van der Waals surface area (Å²) < 4.78 is 0. The molecule has 1 aromatic rings. The van der Waals surface area contributed by atoms with Crippen LogP contribution < -0.4 is 5.32 Å². The summed E-state index contributed by atoms with van der Waals surface area (Å²) in [6.07, 6.45) is 0. The highest BCUT2D eigenvalue weighted by Gasteiger charge is 2.04. The fourth-order valence-corrected chi connectivity index (χ4v) is 1.35. The van der Waals surface area contributed by atoms with Gasteiger partial charge >= 0.3 is 0 Å². The zero-order valence-electron chi connectivity index (χ0n) is 6.55. The molecule has 0 aliphatic carbocycles. The van der Waals surface area contributed by atoms with Gasteiger partial charge in [0.25, 0.3) is 0 Å². The molecule has 0 saturated carbocycles. The highest BCUT2D eigenvalue weighted by Crippen LogP contribution is 2.12. The number of hydrogen-bond donors (Lipinski definition) is 1. The molecule has 0 unspecified atom stereocenters. The van der Waals surface area contributed by atoms with Crippen LogP contribution in [0.15, 0.2) is 30.3 Å². The molecule has 0 saturated heterocycles. The van der Waals surface area contributed by atoms with Crippen molar-refractivity contribution in [1.29, 1.82) is 0 Å². The minimum atomic E-state index is 0.276. The predicted octanol–water partition coefficient (Wildman–Crippen LogP) is 2.19. The number of benzene rings is 1. The van der Waals surface area contributed by atoms with E-state index < -0.39 is 0 Å². The second-order valence-corrected chi connectivity index (χ2v) is 2.71. The summed E-state index contributed by atoms with van der Waals surface area (Å²) in [5.74, 6) is 0.612. The third-order valence-electron chi connectivity index (χ3n) is 1.70. The second-order valence-electron chi connectivity index (χ2n) is 2.41. The Hall–Kier alpha value is -0.530. The zero-order valence-corrected chi connectivity index (χ0v) is 7.31. The van der Waals surface area contributed by atoms with Crippen LogP contribution in [0.1, 0.15) is 11.6 Å². The summed E-state index contributed by atoms with van der Waals surface area (Å²) in [7, 11) is 1.92. The topological polar surface area (TPSA) is 12.0 Å². The van der Waals surface area contributed by atoms with Gasteiger partial charge in [-0.1, -0.05) is 30.3 Å². The van der Waals surface area contributed by atoms with Gasteiger partial charge in [0.1, 0.15) is 0 Å². The number of alkyl halides is 1. The van der Waals surface area contributed by atoms with Crippen LogP contribution in [-0.2, 0) is 0 Å². The van der Waals surface area contributed by atoms with Gasteiger partial charge in [0.05, 0.1) is 0 Å². The van der Waals surface area contributed by atoms with E-state index in [0.717, 1.165) is 0 Å². The Morgan fingerprint density at radius 3 is 2.45 bits per heavy atom. The van der Waals surface area contributed by atoms with Crippen molar-refractivity contribution in [1.82, 2.24) is 5.32 Å². The Bertz CT molecular complexity index is 194. The van der Waals surface area contributed by atoms with Crippen molar-refractivity contribution in [3.8, 4) is 0 Å². The molecule has 0 fully saturated rings. The predicted molar refractivity (Wildman–Crippen MR) is 49.0 cm³/mol. The average Bonchev–Trinajstić information content (AvgIpc) is 2.09. The first kappa shape index (κ1) is 8.57. The van der Waals surface area contributed by atoms with E-state index in [9.17, 15) is 0 Å². The third-order valence-corrected chi connectivity index (χ3v) is 2.01. The maximum Gasteiger partial charge on any atom is 0.0455 e. The molecule has 0 aromatic heterocycles. The summed E-state index contributed by atoms with van der Waals surface area (Å²) >= 11 is 5.74. The van der Waals surface area contributed by atoms with Crippen LogP contribution in [0.5, 0.6) is 0 Å². The summed E-state index contributed by atoms with van der Waals surface area (Å²) in [6, 6.07) is 10.5. The molecule has 0 spiro atoms. The van der Waals surface area contributed by atoms with Crippen LogP contribution in [0.3, 0.4) is 0 Å². The standard InChI is InChI=1S/C9H12ClN/c1-11-9(7-10)8-5-3-2-4-6-8/h2-6,9,11H,7H2,1H3/t9-/m1/s1. The van der Waals surface area contributed by atoms with Gasteiger partial charge in [0.15, 0.2) is 0 Å². The number of halogens is 1. The molecule has 0 heterocycles. The lowest BCUT2D eigenvalue weighted by Crippen LogP contribution is -2.17. The van der Waals surface area contributed by atoms with E-state index in [1.165, 1.54) is 5.56 Å². The molecular weight excluding hydrogens is 158 g/mol. The lowest BCUT2D eigenvalue weighted by atomic mass is 10.1. The molecule has 0 aliphatic heterocycles. The summed E-state index contributed by atoms with van der Waals surface area (Å²) in [5.41, 5.74) is 1.24. The van der Waals surface area contributed by atoms with E-state index in [4.69, 9.17) is 11.6 Å². The Morgan fingerprint density at radius 1 is 1.36 bits per heavy atom. The molecule has 1 aromatic carbocycles. The molecule has 0 aliphatic rings. The van der Waals surface area contributed by atoms with E-state index in [-0.39, 0.29) is 6.04 Å². The second kappa shape index (κ2) is 4.37. The number of rotatable bonds is 3. The van der Waals surface area contributed by atoms with E-state index in [0.29, 0.717) is 5.88 Å². The SMILES string of the molecule is CN[C@H](CCl)c1ccccc1. The highest BCUT2D eigenvalue weighted by atomic mass is 35.5. The van der Waals surface area contributed by atoms with Crippen molar-refractivity contribution in [2.45, 2.75) is 6.04 Å². The molecule has 1 atom stereocenters. The van der Waals surface area contributed by atoms with Crippen molar-refractivity contribution >= 4 is 11.6 Å². The van der Waals surface area contributed by atoms with E-state index in [2.05, 4.69) is 17.4 Å². The first-order valence-electron chi connectivity index (χ1n) is 3.66. The highest BCUT2D eigenvalue weighted by molar-refractivity contribution is 6.18. The van der Waals surface area contributed by atoms with Crippen molar-refractivity contribution in [3.05, 3.63) is 35.9 Å². The third kappa shape index (κ3) is 2.21. The van der Waals surface area contributed by atoms with Gasteiger partial charge in [-0.25, -0.2) is 0 Å². The molecule has 0 radical (unpaired) electrons. The van der Waals surface area contributed by atoms with Crippen molar-refractivity contribution in [2.24, 2.45) is 0 Å². The van der Waals surface area contributed by atoms with Crippen LogP contribution in [0, 0.1) is 0 Å². The Kier molecular flexibility index (Phi) is 3.40. The molecule has 0 bridgehead atoms. The Morgan fingerprint density at radius 2 is 2.00 bits per heavy atom. The minimum Gasteiger partial charge on any atom is -0.312 e. The summed E-state index contributed by atoms with van der Waals surface area (Å²) in [5, 5.41) is 3.14. The fourth-order valence-electron chi connectivity index (χ4n) is 1.02. The normalized spacial score (nSPS) is 12.9. The lowest BCUT2D eigenvalue weighted by molar-refractivity contribution is 0.658. The zero-order chi connectivity index (χ0) is 8.10. The number of hydrogen-bond acceptors (Lipinski definition) is 1. The van der Waals surface area contributed by atoms with Gasteiger partial charge in [-0.2, -0.15) is 0 Å². The minimum absolute atomic E-state index is 0.276. The maximum absolute atomic E-state index is 5.74. The van der Waals surface area contributed by atoms with Crippen LogP contribution in [0.4, 0.5) is 0 Å². The molecule has 2 heteroatoms. The van der Waals surface area contributed by atoms with Gasteiger partial charge in [-0.05, 0) is 12.6 Å². The monoisotopic (exact) mass is 169 g/mol. The first-order valence-corrected chi connectivity index (χ1v) is 4.20. The smallest absolute Gasteiger partial charge is 0.0455 e. The van der Waals surface area contributed by atoms with Crippen LogP contribution >= 0.6 is 11.6 Å². The molecule has 60 valence electrons. The molecule has 1 rings (SSSR count). The summed E-state index contributed by atoms with van der Waals surface area (Å²) in [6.45, 7) is 0. The van der Waals surface area contributed by atoms with Gasteiger partial charge in [-0.15, -0.1) is 11.6 Å². The van der Waals surface area contributed by atoms with Crippen molar-refractivity contribution < 1.29 is 0 Å². The average molecular weight is 170 g/mol. The van der Waals surface area contributed by atoms with Crippen LogP contribution in [0.2, 0.25) is 0 Å². The van der Waals surface area contributed by atoms with E-state index >= 15 is 0 Å². The van der Waals surface area contributed by atoms with Gasteiger partial charge in [0, 0.05) is 11.9 Å². The van der Waals surface area contributed by atoms with Crippen molar-refractivity contribution in [3.63, 3.8) is 0 Å². The molecular formula is C9H12ClN. The van der Waals surface area contributed by atoms with E-state index in [1.807, 2.05) is 25.2 Å². The Labute approximate surface area is 72.4 Å². The van der Waals surface area contributed by atoms with Crippen LogP contribution in [0.25, 0.3) is 0 Å². The molecule has 11 heavy (non-hydrogen) atoms. The largest absolute Gasteiger partial charge is 0.312 e. The Balaban J connectivity index is 2.74. The fraction of sp³-hybridized carbons (Fsp3) is 0.333. The van der Waals surface area contributed by atoms with Crippen molar-refractivity contribution in [2.75, 3.05) is 12.9 Å². The van der Waals surface area contributed by atoms with Crippen LogP contribution in [-0.4, -0.2) is 12.9 Å². The number of nitrogens with one attached hydrogen (secondary N) is 1.